The number of halogens is 1. The van der Waals surface area contributed by atoms with E-state index < -0.39 is 0 Å². The quantitative estimate of drug-likeness (QED) is 0.524. The summed E-state index contributed by atoms with van der Waals surface area (Å²) in [4.78, 5) is 15.2. The summed E-state index contributed by atoms with van der Waals surface area (Å²) in [6.07, 6.45) is 0.917. The van der Waals surface area contributed by atoms with E-state index in [1.807, 2.05) is 11.4 Å². The van der Waals surface area contributed by atoms with Crippen molar-refractivity contribution < 1.29 is 0 Å². The number of alkyl halides is 1. The van der Waals surface area contributed by atoms with Crippen molar-refractivity contribution in [3.05, 3.63) is 56.7 Å². The van der Waals surface area contributed by atoms with Gasteiger partial charge in [0, 0.05) is 22.0 Å². The van der Waals surface area contributed by atoms with Crippen LogP contribution in [0, 0.1) is 0 Å². The van der Waals surface area contributed by atoms with E-state index in [2.05, 4.69) is 39.1 Å². The molecule has 3 aromatic rings. The Balaban J connectivity index is 2.11. The second-order valence-electron chi connectivity index (χ2n) is 4.72. The number of thiophene rings is 1. The van der Waals surface area contributed by atoms with Gasteiger partial charge in [0.25, 0.3) is 5.56 Å². The third kappa shape index (κ3) is 1.50. The van der Waals surface area contributed by atoms with Gasteiger partial charge in [-0.1, -0.05) is 34.1 Å². The number of aromatic amines is 1. The summed E-state index contributed by atoms with van der Waals surface area (Å²) in [6.45, 7) is 0. The number of nitrogens with one attached hydrogen (secondary N) is 1. The van der Waals surface area contributed by atoms with Crippen molar-refractivity contribution in [1.82, 2.24) is 4.98 Å². The summed E-state index contributed by atoms with van der Waals surface area (Å²) in [6, 6.07) is 8.21. The van der Waals surface area contributed by atoms with E-state index in [0.717, 1.165) is 27.5 Å². The molecule has 1 aromatic carbocycles. The van der Waals surface area contributed by atoms with Crippen molar-refractivity contribution in [1.29, 1.82) is 0 Å². The first-order valence-electron chi connectivity index (χ1n) is 6.09. The van der Waals surface area contributed by atoms with Gasteiger partial charge in [0.2, 0.25) is 0 Å². The average molecular weight is 332 g/mol. The molecule has 94 valence electrons. The maximum absolute atomic E-state index is 12.1. The van der Waals surface area contributed by atoms with E-state index in [4.69, 9.17) is 0 Å². The normalized spacial score (nSPS) is 12.7. The number of pyridine rings is 1. The molecule has 19 heavy (non-hydrogen) atoms. The van der Waals surface area contributed by atoms with Gasteiger partial charge in [0.15, 0.2) is 0 Å². The number of H-pyrrole nitrogens is 1. The fraction of sp³-hybridized carbons (Fsp3) is 0.133. The predicted molar refractivity (Wildman–Crippen MR) is 83.3 cm³/mol. The summed E-state index contributed by atoms with van der Waals surface area (Å²) >= 11 is 5.20. The monoisotopic (exact) mass is 331 g/mol. The molecule has 0 fully saturated rings. The van der Waals surface area contributed by atoms with Crippen LogP contribution in [0.4, 0.5) is 0 Å². The lowest BCUT2D eigenvalue weighted by Gasteiger charge is -2.04. The molecule has 0 atom stereocenters. The van der Waals surface area contributed by atoms with Crippen molar-refractivity contribution in [2.24, 2.45) is 0 Å². The molecule has 0 saturated heterocycles. The Labute approximate surface area is 122 Å². The highest BCUT2D eigenvalue weighted by Gasteiger charge is 2.24. The summed E-state index contributed by atoms with van der Waals surface area (Å²) in [5.74, 6) is 0. The smallest absolute Gasteiger partial charge is 0.257 e. The molecule has 1 aliphatic rings. The SMILES string of the molecule is O=c1[nH]c2c(c3sccc13)Cc1c(CBr)cccc1-2. The number of hydrogen-bond donors (Lipinski definition) is 1. The lowest BCUT2D eigenvalue weighted by atomic mass is 10.0. The Morgan fingerprint density at radius 2 is 2.16 bits per heavy atom. The molecule has 1 N–H and O–H groups in total. The minimum Gasteiger partial charge on any atom is -0.321 e. The van der Waals surface area contributed by atoms with Gasteiger partial charge < -0.3 is 4.98 Å². The highest BCUT2D eigenvalue weighted by molar-refractivity contribution is 9.08. The van der Waals surface area contributed by atoms with Crippen LogP contribution in [0.2, 0.25) is 0 Å². The molecule has 0 aliphatic heterocycles. The topological polar surface area (TPSA) is 32.9 Å². The minimum absolute atomic E-state index is 0.0205. The molecule has 0 unspecified atom stereocenters. The van der Waals surface area contributed by atoms with Crippen molar-refractivity contribution >= 4 is 37.4 Å². The molecule has 2 heterocycles. The summed E-state index contributed by atoms with van der Waals surface area (Å²) < 4.78 is 1.13. The van der Waals surface area contributed by atoms with Crippen LogP contribution >= 0.6 is 27.3 Å². The van der Waals surface area contributed by atoms with E-state index in [9.17, 15) is 4.79 Å². The highest BCUT2D eigenvalue weighted by atomic mass is 79.9. The second kappa shape index (κ2) is 4.05. The summed E-state index contributed by atoms with van der Waals surface area (Å²) in [5.41, 5.74) is 6.13. The Hall–Kier alpha value is -1.39. The van der Waals surface area contributed by atoms with Crippen LogP contribution in [0.1, 0.15) is 16.7 Å². The maximum Gasteiger partial charge on any atom is 0.257 e. The van der Waals surface area contributed by atoms with E-state index >= 15 is 0 Å². The van der Waals surface area contributed by atoms with Gasteiger partial charge in [-0.3, -0.25) is 4.79 Å². The maximum atomic E-state index is 12.1. The Kier molecular flexibility index (Phi) is 2.44. The fourth-order valence-corrected chi connectivity index (χ4v) is 4.34. The van der Waals surface area contributed by atoms with Crippen LogP contribution in [-0.2, 0) is 11.8 Å². The van der Waals surface area contributed by atoms with Gasteiger partial charge in [-0.25, -0.2) is 0 Å². The zero-order valence-corrected chi connectivity index (χ0v) is 12.4. The van der Waals surface area contributed by atoms with E-state index in [-0.39, 0.29) is 5.56 Å². The first-order valence-corrected chi connectivity index (χ1v) is 8.09. The molecule has 0 radical (unpaired) electrons. The third-order valence-electron chi connectivity index (χ3n) is 3.76. The van der Waals surface area contributed by atoms with Gasteiger partial charge in [0.05, 0.1) is 11.1 Å². The van der Waals surface area contributed by atoms with Crippen LogP contribution < -0.4 is 5.56 Å². The average Bonchev–Trinajstić information content (AvgIpc) is 3.03. The Morgan fingerprint density at radius 1 is 1.26 bits per heavy atom. The zero-order valence-electron chi connectivity index (χ0n) is 10.00. The van der Waals surface area contributed by atoms with Crippen LogP contribution in [0.15, 0.2) is 34.4 Å². The van der Waals surface area contributed by atoms with Crippen LogP contribution in [0.5, 0.6) is 0 Å². The van der Waals surface area contributed by atoms with Crippen LogP contribution in [0.25, 0.3) is 21.3 Å². The molecule has 1 aliphatic carbocycles. The fourth-order valence-electron chi connectivity index (χ4n) is 2.87. The lowest BCUT2D eigenvalue weighted by Crippen LogP contribution is -2.06. The Morgan fingerprint density at radius 3 is 3.00 bits per heavy atom. The highest BCUT2D eigenvalue weighted by Crippen LogP contribution is 2.41. The van der Waals surface area contributed by atoms with Gasteiger partial charge >= 0.3 is 0 Å². The molecular formula is C15H10BrNOS. The molecule has 0 bridgehead atoms. The van der Waals surface area contributed by atoms with Gasteiger partial charge in [-0.2, -0.15) is 0 Å². The molecule has 4 rings (SSSR count). The van der Waals surface area contributed by atoms with Crippen LogP contribution in [0.3, 0.4) is 0 Å². The Bertz CT molecular complexity index is 862. The second-order valence-corrected chi connectivity index (χ2v) is 6.20. The zero-order chi connectivity index (χ0) is 13.0. The van der Waals surface area contributed by atoms with Crippen molar-refractivity contribution in [2.45, 2.75) is 11.8 Å². The van der Waals surface area contributed by atoms with Crippen molar-refractivity contribution in [2.75, 3.05) is 0 Å². The predicted octanol–water partition coefficient (Wildman–Crippen LogP) is 4.06. The van der Waals surface area contributed by atoms with Crippen LogP contribution in [-0.4, -0.2) is 4.98 Å². The lowest BCUT2D eigenvalue weighted by molar-refractivity contribution is 1.21. The molecule has 4 heteroatoms. The third-order valence-corrected chi connectivity index (χ3v) is 5.34. The first kappa shape index (κ1) is 11.4. The molecule has 0 amide bonds. The number of hydrogen-bond acceptors (Lipinski definition) is 2. The number of rotatable bonds is 1. The molecule has 2 nitrogen and oxygen atoms in total. The van der Waals surface area contributed by atoms with Crippen molar-refractivity contribution in [3.63, 3.8) is 0 Å². The summed E-state index contributed by atoms with van der Waals surface area (Å²) in [7, 11) is 0. The van der Waals surface area contributed by atoms with Gasteiger partial charge in [0.1, 0.15) is 0 Å². The van der Waals surface area contributed by atoms with E-state index in [1.54, 1.807) is 11.3 Å². The largest absolute Gasteiger partial charge is 0.321 e. The number of aromatic nitrogens is 1. The standard InChI is InChI=1S/C15H10BrNOS/c16-7-8-2-1-3-9-11(8)6-12-13(9)17-15(18)10-4-5-19-14(10)12/h1-5H,6-7H2,(H,17,18). The van der Waals surface area contributed by atoms with E-state index in [0.29, 0.717) is 0 Å². The van der Waals surface area contributed by atoms with Gasteiger partial charge in [-0.05, 0) is 28.1 Å². The van der Waals surface area contributed by atoms with E-state index in [1.165, 1.54) is 22.3 Å². The minimum atomic E-state index is 0.0205. The van der Waals surface area contributed by atoms with Gasteiger partial charge in [-0.15, -0.1) is 11.3 Å². The van der Waals surface area contributed by atoms with Crippen molar-refractivity contribution in [3.8, 4) is 11.3 Å². The number of benzene rings is 1. The summed E-state index contributed by atoms with van der Waals surface area (Å²) in [5, 5.41) is 3.66. The molecule has 0 spiro atoms. The first-order chi connectivity index (χ1) is 9.29. The molecular weight excluding hydrogens is 322 g/mol. The number of fused-ring (bicyclic) bond motifs is 5. The molecule has 0 saturated carbocycles. The molecule has 2 aromatic heterocycles.